The summed E-state index contributed by atoms with van der Waals surface area (Å²) < 4.78 is 40.4. The summed E-state index contributed by atoms with van der Waals surface area (Å²) in [7, 11) is -3.86. The van der Waals surface area contributed by atoms with Gasteiger partial charge in [-0.15, -0.1) is 11.3 Å². The number of benzene rings is 1. The second kappa shape index (κ2) is 6.21. The lowest BCUT2D eigenvalue weighted by Crippen LogP contribution is -2.12. The van der Waals surface area contributed by atoms with Crippen LogP contribution in [0.4, 0.5) is 10.1 Å². The van der Waals surface area contributed by atoms with Crippen LogP contribution in [0.2, 0.25) is 5.02 Å². The highest BCUT2D eigenvalue weighted by molar-refractivity contribution is 9.10. The van der Waals surface area contributed by atoms with Crippen molar-refractivity contribution in [2.75, 3.05) is 4.72 Å². The second-order valence-corrected chi connectivity index (χ2v) is 8.49. The molecule has 0 unspecified atom stereocenters. The molecule has 0 spiro atoms. The number of aliphatic hydroxyl groups excluding tert-OH is 1. The Balaban J connectivity index is 2.42. The van der Waals surface area contributed by atoms with E-state index in [9.17, 15) is 12.8 Å². The first kappa shape index (κ1) is 16.7. The summed E-state index contributed by atoms with van der Waals surface area (Å²) in [5, 5.41) is 9.08. The van der Waals surface area contributed by atoms with Gasteiger partial charge in [-0.3, -0.25) is 4.72 Å². The molecule has 0 saturated heterocycles. The molecular formula is C12H10BrClFNO3S2. The van der Waals surface area contributed by atoms with E-state index in [0.717, 1.165) is 23.5 Å². The molecule has 0 atom stereocenters. The minimum Gasteiger partial charge on any atom is -0.391 e. The van der Waals surface area contributed by atoms with Gasteiger partial charge in [-0.25, -0.2) is 12.8 Å². The molecule has 1 aromatic carbocycles. The van der Waals surface area contributed by atoms with Crippen molar-refractivity contribution in [3.05, 3.63) is 44.0 Å². The Morgan fingerprint density at radius 2 is 2.10 bits per heavy atom. The number of aliphatic hydroxyl groups is 1. The van der Waals surface area contributed by atoms with Crippen LogP contribution in [-0.4, -0.2) is 13.5 Å². The van der Waals surface area contributed by atoms with Crippen molar-refractivity contribution >= 4 is 54.6 Å². The Kier molecular flexibility index (Phi) is 4.94. The number of nitrogens with one attached hydrogen (secondary N) is 1. The molecule has 1 heterocycles. The summed E-state index contributed by atoms with van der Waals surface area (Å²) in [4.78, 5) is 0.569. The molecule has 2 N–H and O–H groups in total. The molecule has 0 aliphatic heterocycles. The number of anilines is 1. The van der Waals surface area contributed by atoms with Gasteiger partial charge in [0.25, 0.3) is 10.0 Å². The van der Waals surface area contributed by atoms with Gasteiger partial charge in [0.2, 0.25) is 0 Å². The third-order valence-corrected chi connectivity index (χ3v) is 6.62. The molecule has 4 nitrogen and oxygen atoms in total. The normalized spacial score (nSPS) is 11.7. The molecule has 0 radical (unpaired) electrons. The van der Waals surface area contributed by atoms with Gasteiger partial charge in [-0.05, 0) is 46.6 Å². The van der Waals surface area contributed by atoms with E-state index in [0.29, 0.717) is 10.4 Å². The Labute approximate surface area is 138 Å². The van der Waals surface area contributed by atoms with E-state index in [4.69, 9.17) is 16.7 Å². The van der Waals surface area contributed by atoms with Gasteiger partial charge >= 0.3 is 0 Å². The molecule has 0 saturated carbocycles. The number of halogens is 3. The zero-order chi connectivity index (χ0) is 15.8. The smallest absolute Gasteiger partial charge is 0.271 e. The van der Waals surface area contributed by atoms with Crippen LogP contribution in [0.1, 0.15) is 10.4 Å². The van der Waals surface area contributed by atoms with E-state index >= 15 is 0 Å². The standard InChI is InChI=1S/C12H10BrClFNO3S2/c1-6-2-11(20-10(6)5-17)21(18,19)16-12-8(13)3-7(15)4-9(12)14/h2-4,16-17H,5H2,1H3. The van der Waals surface area contributed by atoms with Crippen LogP contribution in [0.3, 0.4) is 0 Å². The van der Waals surface area contributed by atoms with Gasteiger partial charge in [-0.2, -0.15) is 0 Å². The number of aryl methyl sites for hydroxylation is 1. The largest absolute Gasteiger partial charge is 0.391 e. The molecule has 0 bridgehead atoms. The molecule has 0 aliphatic rings. The minimum atomic E-state index is -3.86. The number of thiophene rings is 1. The first-order valence-electron chi connectivity index (χ1n) is 5.62. The molecule has 1 aromatic heterocycles. The summed E-state index contributed by atoms with van der Waals surface area (Å²) in [5.74, 6) is -0.579. The lowest BCUT2D eigenvalue weighted by atomic mass is 10.3. The number of hydrogen-bond donors (Lipinski definition) is 2. The summed E-state index contributed by atoms with van der Waals surface area (Å²) in [6, 6.07) is 3.59. The van der Waals surface area contributed by atoms with Gasteiger partial charge < -0.3 is 5.11 Å². The molecule has 9 heteroatoms. The van der Waals surface area contributed by atoms with Crippen LogP contribution >= 0.6 is 38.9 Å². The van der Waals surface area contributed by atoms with Crippen molar-refractivity contribution in [2.45, 2.75) is 17.7 Å². The highest BCUT2D eigenvalue weighted by atomic mass is 79.9. The SMILES string of the molecule is Cc1cc(S(=O)(=O)Nc2c(Cl)cc(F)cc2Br)sc1CO. The van der Waals surface area contributed by atoms with E-state index in [-0.39, 0.29) is 26.0 Å². The number of hydrogen-bond acceptors (Lipinski definition) is 4. The zero-order valence-electron chi connectivity index (χ0n) is 10.7. The zero-order valence-corrected chi connectivity index (χ0v) is 14.6. The maximum absolute atomic E-state index is 13.1. The molecule has 21 heavy (non-hydrogen) atoms. The van der Waals surface area contributed by atoms with E-state index < -0.39 is 15.8 Å². The van der Waals surface area contributed by atoms with Crippen LogP contribution in [0.5, 0.6) is 0 Å². The topological polar surface area (TPSA) is 66.4 Å². The molecule has 2 rings (SSSR count). The molecule has 0 fully saturated rings. The summed E-state index contributed by atoms with van der Waals surface area (Å²) >= 11 is 9.89. The number of rotatable bonds is 4. The highest BCUT2D eigenvalue weighted by Crippen LogP contribution is 2.35. The minimum absolute atomic E-state index is 0.0522. The monoisotopic (exact) mass is 413 g/mol. The van der Waals surface area contributed by atoms with Gasteiger partial charge in [0, 0.05) is 9.35 Å². The average molecular weight is 415 g/mol. The Morgan fingerprint density at radius 3 is 2.62 bits per heavy atom. The Bertz CT molecular complexity index is 769. The predicted molar refractivity (Wildman–Crippen MR) is 84.9 cm³/mol. The first-order valence-corrected chi connectivity index (χ1v) is 9.09. The fraction of sp³-hybridized carbons (Fsp3) is 0.167. The van der Waals surface area contributed by atoms with Gasteiger partial charge in [-0.1, -0.05) is 11.6 Å². The molecule has 0 aliphatic carbocycles. The quantitative estimate of drug-likeness (QED) is 0.797. The highest BCUT2D eigenvalue weighted by Gasteiger charge is 2.21. The molecule has 0 amide bonds. The third-order valence-electron chi connectivity index (χ3n) is 2.65. The fourth-order valence-corrected chi connectivity index (χ4v) is 5.24. The van der Waals surface area contributed by atoms with Crippen LogP contribution in [0.25, 0.3) is 0 Å². The molecule has 114 valence electrons. The van der Waals surface area contributed by atoms with Crippen molar-refractivity contribution in [3.8, 4) is 0 Å². The Hall–Kier alpha value is -0.670. The maximum atomic E-state index is 13.1. The van der Waals surface area contributed by atoms with E-state index in [1.807, 2.05) is 0 Å². The van der Waals surface area contributed by atoms with Gasteiger partial charge in [0.1, 0.15) is 10.0 Å². The summed E-state index contributed by atoms with van der Waals surface area (Å²) in [5.41, 5.74) is 0.752. The molecule has 2 aromatic rings. The average Bonchev–Trinajstić information content (AvgIpc) is 2.76. The van der Waals surface area contributed by atoms with Gasteiger partial charge in [0.05, 0.1) is 17.3 Å². The molecular weight excluding hydrogens is 405 g/mol. The maximum Gasteiger partial charge on any atom is 0.271 e. The summed E-state index contributed by atoms with van der Waals surface area (Å²) in [6.45, 7) is 1.48. The van der Waals surface area contributed by atoms with Gasteiger partial charge in [0.15, 0.2) is 0 Å². The lowest BCUT2D eigenvalue weighted by molar-refractivity contribution is 0.285. The van der Waals surface area contributed by atoms with E-state index in [2.05, 4.69) is 20.7 Å². The van der Waals surface area contributed by atoms with E-state index in [1.54, 1.807) is 6.92 Å². The summed E-state index contributed by atoms with van der Waals surface area (Å²) in [6.07, 6.45) is 0. The Morgan fingerprint density at radius 1 is 1.43 bits per heavy atom. The predicted octanol–water partition coefficient (Wildman–Crippen LogP) is 3.90. The fourth-order valence-electron chi connectivity index (χ4n) is 1.60. The van der Waals surface area contributed by atoms with Crippen molar-refractivity contribution < 1.29 is 17.9 Å². The van der Waals surface area contributed by atoms with Crippen molar-refractivity contribution in [3.63, 3.8) is 0 Å². The van der Waals surface area contributed by atoms with Crippen molar-refractivity contribution in [1.29, 1.82) is 0 Å². The van der Waals surface area contributed by atoms with Crippen LogP contribution < -0.4 is 4.72 Å². The lowest BCUT2D eigenvalue weighted by Gasteiger charge is -2.10. The van der Waals surface area contributed by atoms with Crippen LogP contribution in [-0.2, 0) is 16.6 Å². The van der Waals surface area contributed by atoms with Crippen LogP contribution in [0, 0.1) is 12.7 Å². The second-order valence-electron chi connectivity index (χ2n) is 4.18. The van der Waals surface area contributed by atoms with Crippen molar-refractivity contribution in [1.82, 2.24) is 0 Å². The number of sulfonamides is 1. The van der Waals surface area contributed by atoms with Crippen LogP contribution in [0.15, 0.2) is 26.9 Å². The first-order chi connectivity index (χ1) is 9.74. The van der Waals surface area contributed by atoms with Crippen molar-refractivity contribution in [2.24, 2.45) is 0 Å². The van der Waals surface area contributed by atoms with E-state index in [1.165, 1.54) is 6.07 Å². The third kappa shape index (κ3) is 3.57.